The molecule has 1 atom stereocenters. The highest BCUT2D eigenvalue weighted by atomic mass is 32.2. The predicted molar refractivity (Wildman–Crippen MR) is 133 cm³/mol. The molecule has 35 heavy (non-hydrogen) atoms. The van der Waals surface area contributed by atoms with Crippen molar-refractivity contribution in [3.8, 4) is 5.69 Å². The number of aliphatic imine (C=N–C) groups is 1. The normalized spacial score (nSPS) is 22.1. The zero-order valence-corrected chi connectivity index (χ0v) is 20.6. The average molecular weight is 495 g/mol. The van der Waals surface area contributed by atoms with E-state index in [0.717, 1.165) is 44.3 Å². The molecule has 4 heterocycles. The first-order valence-electron chi connectivity index (χ1n) is 11.6. The molecule has 0 spiro atoms. The van der Waals surface area contributed by atoms with Crippen molar-refractivity contribution >= 4 is 38.7 Å². The van der Waals surface area contributed by atoms with E-state index in [-0.39, 0.29) is 4.90 Å². The van der Waals surface area contributed by atoms with Crippen LogP contribution in [0.3, 0.4) is 0 Å². The van der Waals surface area contributed by atoms with E-state index in [1.165, 1.54) is 12.6 Å². The van der Waals surface area contributed by atoms with Crippen LogP contribution < -0.4 is 5.43 Å². The van der Waals surface area contributed by atoms with Crippen LogP contribution in [-0.2, 0) is 14.6 Å². The number of aldehydes is 1. The van der Waals surface area contributed by atoms with Gasteiger partial charge in [0.15, 0.2) is 27.6 Å². The summed E-state index contributed by atoms with van der Waals surface area (Å²) in [5.41, 5.74) is 4.87. The average Bonchev–Trinajstić information content (AvgIpc) is 3.30. The standard InChI is InChI=1S/C24H28N7O3S/c1-18-24(16-32,11-6-12-25-18)31(13-4-3-5-14-31)29-22-21-15-28-30(23(21)27-17-26-22)19-7-9-20(10-8-19)35(2,33)34/h6-10,12,15-17H,3-5,11,13-14H2,1-2H3,(H,26,27,29)/q+1. The lowest BCUT2D eigenvalue weighted by atomic mass is 9.85. The Labute approximate surface area is 203 Å². The summed E-state index contributed by atoms with van der Waals surface area (Å²) in [5, 5.41) is 5.22. The molecule has 10 nitrogen and oxygen atoms in total. The van der Waals surface area contributed by atoms with Gasteiger partial charge in [0.25, 0.3) is 0 Å². The van der Waals surface area contributed by atoms with Crippen LogP contribution in [0.4, 0.5) is 5.82 Å². The molecule has 1 N–H and O–H groups in total. The lowest BCUT2D eigenvalue weighted by molar-refractivity contribution is -0.939. The number of quaternary nitrogens is 1. The largest absolute Gasteiger partial charge is 0.296 e. The van der Waals surface area contributed by atoms with Gasteiger partial charge in [0.1, 0.15) is 19.4 Å². The van der Waals surface area contributed by atoms with E-state index in [2.05, 4.69) is 25.5 Å². The zero-order chi connectivity index (χ0) is 24.7. The molecule has 2 aliphatic heterocycles. The van der Waals surface area contributed by atoms with E-state index in [9.17, 15) is 13.2 Å². The summed E-state index contributed by atoms with van der Waals surface area (Å²) >= 11 is 0. The van der Waals surface area contributed by atoms with E-state index in [4.69, 9.17) is 0 Å². The van der Waals surface area contributed by atoms with Crippen LogP contribution in [0.2, 0.25) is 0 Å². The maximum atomic E-state index is 12.7. The first kappa shape index (κ1) is 23.3. The van der Waals surface area contributed by atoms with Crippen LogP contribution in [-0.4, -0.2) is 69.6 Å². The number of nitrogens with one attached hydrogen (secondary N) is 1. The summed E-state index contributed by atoms with van der Waals surface area (Å²) in [6.07, 6.45) is 12.8. The van der Waals surface area contributed by atoms with Gasteiger partial charge in [-0.1, -0.05) is 6.08 Å². The van der Waals surface area contributed by atoms with Crippen LogP contribution in [0, 0.1) is 0 Å². The summed E-state index contributed by atoms with van der Waals surface area (Å²) < 4.78 is 25.6. The van der Waals surface area contributed by atoms with E-state index >= 15 is 0 Å². The molecule has 3 aromatic rings. The SMILES string of the molecule is CC1=NC=CCC1(C=O)[N+]1(Nc2ncnc3c2cnn3-c2ccc(S(C)(=O)=O)cc2)CCCCC1. The molecule has 0 radical (unpaired) electrons. The van der Waals surface area contributed by atoms with Crippen molar-refractivity contribution < 1.29 is 17.8 Å². The molecule has 0 amide bonds. The fourth-order valence-electron chi connectivity index (χ4n) is 5.20. The molecule has 11 heteroatoms. The van der Waals surface area contributed by atoms with Crippen LogP contribution >= 0.6 is 0 Å². The number of nitrogens with zero attached hydrogens (tertiary/aromatic N) is 6. The van der Waals surface area contributed by atoms with E-state index in [0.29, 0.717) is 33.6 Å². The second-order valence-electron chi connectivity index (χ2n) is 9.22. The summed E-state index contributed by atoms with van der Waals surface area (Å²) in [6, 6.07) is 6.51. The molecule has 1 aromatic carbocycles. The second-order valence-corrected chi connectivity index (χ2v) is 11.2. The Hall–Kier alpha value is -3.44. The number of sulfone groups is 1. The van der Waals surface area contributed by atoms with Gasteiger partial charge in [0.2, 0.25) is 5.54 Å². The zero-order valence-electron chi connectivity index (χ0n) is 19.8. The first-order chi connectivity index (χ1) is 16.8. The Morgan fingerprint density at radius 1 is 1.11 bits per heavy atom. The van der Waals surface area contributed by atoms with Gasteiger partial charge >= 0.3 is 0 Å². The maximum absolute atomic E-state index is 12.7. The molecule has 2 aliphatic rings. The smallest absolute Gasteiger partial charge is 0.219 e. The van der Waals surface area contributed by atoms with Crippen LogP contribution in [0.1, 0.15) is 32.6 Å². The van der Waals surface area contributed by atoms with Crippen molar-refractivity contribution in [1.82, 2.24) is 19.7 Å². The number of carbonyl (C=O) groups is 1. The van der Waals surface area contributed by atoms with Gasteiger partial charge in [-0.15, -0.1) is 0 Å². The van der Waals surface area contributed by atoms with Crippen LogP contribution in [0.15, 0.2) is 59.0 Å². The third kappa shape index (κ3) is 3.84. The van der Waals surface area contributed by atoms with Crippen molar-refractivity contribution in [3.63, 3.8) is 0 Å². The van der Waals surface area contributed by atoms with Crippen molar-refractivity contribution in [1.29, 1.82) is 0 Å². The third-order valence-corrected chi connectivity index (χ3v) is 8.29. The number of rotatable bonds is 6. The van der Waals surface area contributed by atoms with Gasteiger partial charge in [-0.3, -0.25) is 9.79 Å². The summed E-state index contributed by atoms with van der Waals surface area (Å²) in [4.78, 5) is 26.4. The molecule has 182 valence electrons. The Morgan fingerprint density at radius 2 is 1.86 bits per heavy atom. The van der Waals surface area contributed by atoms with E-state index in [1.807, 2.05) is 13.0 Å². The minimum Gasteiger partial charge on any atom is -0.296 e. The monoisotopic (exact) mass is 494 g/mol. The fraction of sp³-hybridized carbons (Fsp3) is 0.375. The highest BCUT2D eigenvalue weighted by Gasteiger charge is 2.55. The maximum Gasteiger partial charge on any atom is 0.219 e. The van der Waals surface area contributed by atoms with Crippen LogP contribution in [0.25, 0.3) is 16.7 Å². The number of hydrogen-bond acceptors (Lipinski definition) is 8. The summed E-state index contributed by atoms with van der Waals surface area (Å²) in [5.74, 6) is 0.597. The van der Waals surface area contributed by atoms with Gasteiger partial charge in [-0.05, 0) is 50.5 Å². The molecule has 2 aromatic heterocycles. The van der Waals surface area contributed by atoms with Crippen molar-refractivity contribution in [2.24, 2.45) is 4.99 Å². The van der Waals surface area contributed by atoms with Crippen molar-refractivity contribution in [2.45, 2.75) is 43.0 Å². The third-order valence-electron chi connectivity index (χ3n) is 7.16. The molecular weight excluding hydrogens is 466 g/mol. The number of fused-ring (bicyclic) bond motifs is 1. The topological polar surface area (TPSA) is 119 Å². The number of hydrogen-bond donors (Lipinski definition) is 1. The minimum atomic E-state index is -3.29. The number of benzene rings is 1. The van der Waals surface area contributed by atoms with Gasteiger partial charge in [-0.25, -0.2) is 33.1 Å². The van der Waals surface area contributed by atoms with Gasteiger partial charge in [0.05, 0.1) is 27.9 Å². The number of piperidine rings is 1. The number of aromatic nitrogens is 4. The summed E-state index contributed by atoms with van der Waals surface area (Å²) in [6.45, 7) is 3.46. The first-order valence-corrected chi connectivity index (χ1v) is 13.5. The predicted octanol–water partition coefficient (Wildman–Crippen LogP) is 2.86. The lowest BCUT2D eigenvalue weighted by Gasteiger charge is -2.51. The van der Waals surface area contributed by atoms with E-state index in [1.54, 1.807) is 41.3 Å². The second kappa shape index (κ2) is 8.65. The molecule has 0 aliphatic carbocycles. The Balaban J connectivity index is 1.57. The molecule has 0 bridgehead atoms. The molecule has 1 fully saturated rings. The highest BCUT2D eigenvalue weighted by Crippen LogP contribution is 2.37. The molecule has 1 saturated heterocycles. The fourth-order valence-corrected chi connectivity index (χ4v) is 5.83. The Morgan fingerprint density at radius 3 is 2.51 bits per heavy atom. The number of carbonyl (C=O) groups excluding carboxylic acids is 1. The number of anilines is 1. The number of likely N-dealkylation sites (tertiary alicyclic amines) is 1. The van der Waals surface area contributed by atoms with Crippen molar-refractivity contribution in [2.75, 3.05) is 24.8 Å². The van der Waals surface area contributed by atoms with Gasteiger partial charge < -0.3 is 0 Å². The van der Waals surface area contributed by atoms with Gasteiger partial charge in [-0.2, -0.15) is 5.10 Å². The Bertz CT molecular complexity index is 1440. The molecule has 0 saturated carbocycles. The van der Waals surface area contributed by atoms with Crippen LogP contribution in [0.5, 0.6) is 0 Å². The molecule has 1 unspecified atom stereocenters. The Kier molecular flexibility index (Phi) is 5.76. The molecule has 5 rings (SSSR count). The highest BCUT2D eigenvalue weighted by molar-refractivity contribution is 7.90. The van der Waals surface area contributed by atoms with Gasteiger partial charge in [0, 0.05) is 18.9 Å². The minimum absolute atomic E-state index is 0.240. The quantitative estimate of drug-likeness (QED) is 0.413. The summed E-state index contributed by atoms with van der Waals surface area (Å²) in [7, 11) is -3.29. The van der Waals surface area contributed by atoms with Crippen molar-refractivity contribution in [3.05, 3.63) is 49.1 Å². The molecular formula is C24H28N7O3S+. The van der Waals surface area contributed by atoms with E-state index < -0.39 is 15.4 Å². The lowest BCUT2D eigenvalue weighted by Crippen LogP contribution is -2.73.